The minimum absolute atomic E-state index is 0.462. The molecule has 1 N–H and O–H groups in total. The lowest BCUT2D eigenvalue weighted by Gasteiger charge is -2.27. The summed E-state index contributed by atoms with van der Waals surface area (Å²) in [5.74, 6) is 0. The van der Waals surface area contributed by atoms with E-state index in [1.807, 2.05) is 12.1 Å². The third-order valence-corrected chi connectivity index (χ3v) is 3.29. The van der Waals surface area contributed by atoms with Gasteiger partial charge in [-0.3, -0.25) is 0 Å². The van der Waals surface area contributed by atoms with Gasteiger partial charge in [0.2, 0.25) is 0 Å². The van der Waals surface area contributed by atoms with Crippen LogP contribution >= 0.6 is 11.6 Å². The zero-order valence-electron chi connectivity index (χ0n) is 11.4. The fourth-order valence-corrected chi connectivity index (χ4v) is 1.87. The minimum Gasteiger partial charge on any atom is -0.372 e. The zero-order valence-corrected chi connectivity index (χ0v) is 12.2. The van der Waals surface area contributed by atoms with Gasteiger partial charge in [-0.2, -0.15) is 0 Å². The van der Waals surface area contributed by atoms with Gasteiger partial charge in [-0.15, -0.1) is 0 Å². The molecular formula is C14H23ClN2. The lowest BCUT2D eigenvalue weighted by Crippen LogP contribution is -2.29. The molecule has 0 spiro atoms. The van der Waals surface area contributed by atoms with E-state index in [0.717, 1.165) is 11.6 Å². The van der Waals surface area contributed by atoms with Crippen molar-refractivity contribution in [3.8, 4) is 0 Å². The normalized spacial score (nSPS) is 11.3. The number of halogens is 1. The van der Waals surface area contributed by atoms with E-state index in [1.54, 1.807) is 0 Å². The van der Waals surface area contributed by atoms with Gasteiger partial charge in [0, 0.05) is 41.9 Å². The Morgan fingerprint density at radius 3 is 2.41 bits per heavy atom. The molecule has 1 aromatic rings. The van der Waals surface area contributed by atoms with E-state index in [9.17, 15) is 0 Å². The number of rotatable bonds is 5. The summed E-state index contributed by atoms with van der Waals surface area (Å²) in [4.78, 5) is 2.25. The van der Waals surface area contributed by atoms with Crippen LogP contribution in [0.5, 0.6) is 0 Å². The van der Waals surface area contributed by atoms with Crippen LogP contribution in [0.2, 0.25) is 5.02 Å². The second kappa shape index (κ2) is 6.27. The van der Waals surface area contributed by atoms with Crippen molar-refractivity contribution >= 4 is 17.3 Å². The molecule has 0 saturated carbocycles. The summed E-state index contributed by atoms with van der Waals surface area (Å²) in [6.45, 7) is 9.45. The van der Waals surface area contributed by atoms with Gasteiger partial charge in [-0.25, -0.2) is 0 Å². The van der Waals surface area contributed by atoms with Gasteiger partial charge in [0.25, 0.3) is 0 Å². The average molecular weight is 255 g/mol. The third kappa shape index (κ3) is 3.90. The monoisotopic (exact) mass is 254 g/mol. The first-order valence-corrected chi connectivity index (χ1v) is 6.55. The van der Waals surface area contributed by atoms with Crippen molar-refractivity contribution in [2.24, 2.45) is 0 Å². The largest absolute Gasteiger partial charge is 0.372 e. The van der Waals surface area contributed by atoms with Crippen molar-refractivity contribution in [3.63, 3.8) is 0 Å². The third-order valence-electron chi connectivity index (χ3n) is 2.94. The Morgan fingerprint density at radius 1 is 1.24 bits per heavy atom. The zero-order chi connectivity index (χ0) is 13.0. The number of nitrogens with one attached hydrogen (secondary N) is 1. The van der Waals surface area contributed by atoms with Crippen LogP contribution in [0.3, 0.4) is 0 Å². The molecule has 0 aliphatic rings. The molecule has 96 valence electrons. The molecule has 0 aliphatic heterocycles. The maximum atomic E-state index is 6.29. The molecule has 0 aliphatic carbocycles. The summed E-state index contributed by atoms with van der Waals surface area (Å²) in [6.07, 6.45) is 0. The lowest BCUT2D eigenvalue weighted by atomic mass is 10.1. The summed E-state index contributed by atoms with van der Waals surface area (Å²) in [5, 5.41) is 4.26. The highest BCUT2D eigenvalue weighted by molar-refractivity contribution is 6.31. The maximum absolute atomic E-state index is 6.29. The molecule has 1 rings (SSSR count). The van der Waals surface area contributed by atoms with Crippen molar-refractivity contribution < 1.29 is 0 Å². The highest BCUT2D eigenvalue weighted by atomic mass is 35.5. The SMILES string of the molecule is CC(C)NCc1c(Cl)cccc1N(C)C(C)C. The fraction of sp³-hybridized carbons (Fsp3) is 0.571. The minimum atomic E-state index is 0.462. The van der Waals surface area contributed by atoms with Crippen LogP contribution in [0.1, 0.15) is 33.3 Å². The van der Waals surface area contributed by atoms with Crippen molar-refractivity contribution in [3.05, 3.63) is 28.8 Å². The molecule has 3 heteroatoms. The van der Waals surface area contributed by atoms with Crippen molar-refractivity contribution in [1.82, 2.24) is 5.32 Å². The molecule has 17 heavy (non-hydrogen) atoms. The number of anilines is 1. The van der Waals surface area contributed by atoms with Gasteiger partial charge in [0.15, 0.2) is 0 Å². The van der Waals surface area contributed by atoms with E-state index in [2.05, 4.69) is 51.0 Å². The average Bonchev–Trinajstić information content (AvgIpc) is 2.25. The molecule has 0 saturated heterocycles. The summed E-state index contributed by atoms with van der Waals surface area (Å²) in [5.41, 5.74) is 2.39. The highest BCUT2D eigenvalue weighted by Crippen LogP contribution is 2.28. The Balaban J connectivity index is 2.99. The fourth-order valence-electron chi connectivity index (χ4n) is 1.64. The first-order valence-electron chi connectivity index (χ1n) is 6.17. The van der Waals surface area contributed by atoms with Crippen LogP contribution in [0.15, 0.2) is 18.2 Å². The van der Waals surface area contributed by atoms with Crippen LogP contribution in [0, 0.1) is 0 Å². The molecule has 2 nitrogen and oxygen atoms in total. The van der Waals surface area contributed by atoms with E-state index in [-0.39, 0.29) is 0 Å². The number of nitrogens with zero attached hydrogens (tertiary/aromatic N) is 1. The topological polar surface area (TPSA) is 15.3 Å². The second-order valence-electron chi connectivity index (χ2n) is 4.98. The predicted molar refractivity (Wildman–Crippen MR) is 77.0 cm³/mol. The molecule has 0 atom stereocenters. The summed E-state index contributed by atoms with van der Waals surface area (Å²) < 4.78 is 0. The van der Waals surface area contributed by atoms with Crippen molar-refractivity contribution in [2.75, 3.05) is 11.9 Å². The Labute approximate surface area is 110 Å². The molecule has 0 aromatic heterocycles. The molecule has 0 unspecified atom stereocenters. The quantitative estimate of drug-likeness (QED) is 0.862. The Morgan fingerprint density at radius 2 is 1.88 bits per heavy atom. The maximum Gasteiger partial charge on any atom is 0.0471 e. The lowest BCUT2D eigenvalue weighted by molar-refractivity contribution is 0.587. The van der Waals surface area contributed by atoms with Gasteiger partial charge in [0.05, 0.1) is 0 Å². The van der Waals surface area contributed by atoms with Crippen LogP contribution in [0.25, 0.3) is 0 Å². The molecule has 0 heterocycles. The first-order chi connectivity index (χ1) is 7.93. The van der Waals surface area contributed by atoms with E-state index >= 15 is 0 Å². The molecule has 0 radical (unpaired) electrons. The molecular weight excluding hydrogens is 232 g/mol. The van der Waals surface area contributed by atoms with Gasteiger partial charge < -0.3 is 10.2 Å². The summed E-state index contributed by atoms with van der Waals surface area (Å²) >= 11 is 6.29. The first kappa shape index (κ1) is 14.3. The van der Waals surface area contributed by atoms with Crippen LogP contribution < -0.4 is 10.2 Å². The van der Waals surface area contributed by atoms with E-state index in [1.165, 1.54) is 11.3 Å². The summed E-state index contributed by atoms with van der Waals surface area (Å²) in [7, 11) is 2.11. The second-order valence-corrected chi connectivity index (χ2v) is 5.38. The predicted octanol–water partition coefficient (Wildman–Crippen LogP) is 3.68. The highest BCUT2D eigenvalue weighted by Gasteiger charge is 2.12. The van der Waals surface area contributed by atoms with E-state index in [4.69, 9.17) is 11.6 Å². The standard InChI is InChI=1S/C14H23ClN2/c1-10(2)16-9-12-13(15)7-6-8-14(12)17(5)11(3)4/h6-8,10-11,16H,9H2,1-5H3. The molecule has 0 fully saturated rings. The van der Waals surface area contributed by atoms with Gasteiger partial charge >= 0.3 is 0 Å². The van der Waals surface area contributed by atoms with E-state index in [0.29, 0.717) is 12.1 Å². The Kier molecular flexibility index (Phi) is 5.29. The smallest absolute Gasteiger partial charge is 0.0471 e. The molecule has 0 bridgehead atoms. The number of benzene rings is 1. The van der Waals surface area contributed by atoms with Gasteiger partial charge in [0.1, 0.15) is 0 Å². The van der Waals surface area contributed by atoms with Crippen LogP contribution in [-0.2, 0) is 6.54 Å². The van der Waals surface area contributed by atoms with Crippen LogP contribution in [-0.4, -0.2) is 19.1 Å². The van der Waals surface area contributed by atoms with Crippen molar-refractivity contribution in [2.45, 2.75) is 46.3 Å². The van der Waals surface area contributed by atoms with Gasteiger partial charge in [-0.1, -0.05) is 31.5 Å². The summed E-state index contributed by atoms with van der Waals surface area (Å²) in [6, 6.07) is 7.02. The number of hydrogen-bond donors (Lipinski definition) is 1. The Bertz CT molecular complexity index is 361. The molecule has 1 aromatic carbocycles. The van der Waals surface area contributed by atoms with Crippen molar-refractivity contribution in [1.29, 1.82) is 0 Å². The number of hydrogen-bond acceptors (Lipinski definition) is 2. The Hall–Kier alpha value is -0.730. The molecule has 0 amide bonds. The van der Waals surface area contributed by atoms with E-state index < -0.39 is 0 Å². The van der Waals surface area contributed by atoms with Crippen LogP contribution in [0.4, 0.5) is 5.69 Å². The van der Waals surface area contributed by atoms with Gasteiger partial charge in [-0.05, 0) is 26.0 Å².